The number of benzene rings is 5. The Hall–Kier alpha value is -5.06. The van der Waals surface area contributed by atoms with Gasteiger partial charge in [0.15, 0.2) is 9.84 Å². The molecule has 0 aliphatic carbocycles. The first-order chi connectivity index (χ1) is 25.2. The first kappa shape index (κ1) is 37.7. The van der Waals surface area contributed by atoms with Gasteiger partial charge in [-0.3, -0.25) is 9.80 Å². The molecule has 0 unspecified atom stereocenters. The summed E-state index contributed by atoms with van der Waals surface area (Å²) in [7, 11) is -3.34. The van der Waals surface area contributed by atoms with Gasteiger partial charge in [-0.25, -0.2) is 13.2 Å². The molecule has 0 radical (unpaired) electrons. The van der Waals surface area contributed by atoms with Gasteiger partial charge in [-0.1, -0.05) is 55.5 Å². The third kappa shape index (κ3) is 9.68. The van der Waals surface area contributed by atoms with Gasteiger partial charge in [0.1, 0.15) is 41.8 Å². The number of rotatable bonds is 11. The van der Waals surface area contributed by atoms with Crippen LogP contribution in [0.15, 0.2) is 114 Å². The molecule has 9 nitrogen and oxygen atoms in total. The summed E-state index contributed by atoms with van der Waals surface area (Å²) < 4.78 is 48.8. The van der Waals surface area contributed by atoms with Crippen LogP contribution in [0, 0.1) is 5.92 Å². The lowest BCUT2D eigenvalue weighted by Crippen LogP contribution is -2.58. The summed E-state index contributed by atoms with van der Waals surface area (Å²) in [5.74, 6) is 3.01. The SMILES string of the molecule is C[C@@H]1CN(CCOc2ccc(Oc3c(-c4ccc(S(C)(=O)=O)cc4)ccc4cc(OCc5ccccc5)ccc34)cc2)[C@@H](C)N(C(=O)OC(C)(C)C)C1. The Balaban J connectivity index is 1.18. The minimum absolute atomic E-state index is 0.107. The maximum absolute atomic E-state index is 12.9. The van der Waals surface area contributed by atoms with Crippen LogP contribution in [0.4, 0.5) is 4.79 Å². The van der Waals surface area contributed by atoms with Crippen molar-refractivity contribution in [2.24, 2.45) is 5.92 Å². The third-order valence-electron chi connectivity index (χ3n) is 9.14. The van der Waals surface area contributed by atoms with Crippen LogP contribution in [0.5, 0.6) is 23.0 Å². The number of nitrogens with zero attached hydrogens (tertiary/aromatic N) is 2. The van der Waals surface area contributed by atoms with Crippen LogP contribution in [0.1, 0.15) is 40.2 Å². The maximum atomic E-state index is 12.9. The number of amides is 1. The molecule has 1 amide bonds. The molecule has 10 heteroatoms. The van der Waals surface area contributed by atoms with E-state index in [1.807, 2.05) is 113 Å². The van der Waals surface area contributed by atoms with Crippen LogP contribution < -0.4 is 14.2 Å². The molecule has 53 heavy (non-hydrogen) atoms. The largest absolute Gasteiger partial charge is 0.492 e. The normalized spacial score (nSPS) is 16.7. The molecule has 0 aromatic heterocycles. The molecule has 2 atom stereocenters. The van der Waals surface area contributed by atoms with Crippen LogP contribution in [0.25, 0.3) is 21.9 Å². The highest BCUT2D eigenvalue weighted by Gasteiger charge is 2.35. The number of hydrogen-bond donors (Lipinski definition) is 0. The van der Waals surface area contributed by atoms with Crippen LogP contribution in [-0.4, -0.2) is 68.6 Å². The van der Waals surface area contributed by atoms with Crippen LogP contribution in [0.3, 0.4) is 0 Å². The number of ether oxygens (including phenoxy) is 4. The molecule has 1 aliphatic heterocycles. The molecular formula is C43H48N2O7S. The Morgan fingerprint density at radius 1 is 0.792 bits per heavy atom. The van der Waals surface area contributed by atoms with E-state index in [9.17, 15) is 13.2 Å². The number of hydrogen-bond acceptors (Lipinski definition) is 8. The van der Waals surface area contributed by atoms with Crippen molar-refractivity contribution in [3.05, 3.63) is 115 Å². The Morgan fingerprint density at radius 2 is 1.47 bits per heavy atom. The van der Waals surface area contributed by atoms with Crippen LogP contribution in [0.2, 0.25) is 0 Å². The topological polar surface area (TPSA) is 94.6 Å². The summed E-state index contributed by atoms with van der Waals surface area (Å²) in [6.45, 7) is 12.9. The lowest BCUT2D eigenvalue weighted by atomic mass is 9.99. The summed E-state index contributed by atoms with van der Waals surface area (Å²) >= 11 is 0. The number of fused-ring (bicyclic) bond motifs is 1. The third-order valence-corrected chi connectivity index (χ3v) is 10.3. The fourth-order valence-electron chi connectivity index (χ4n) is 6.45. The molecule has 1 aliphatic rings. The Labute approximate surface area is 313 Å². The highest BCUT2D eigenvalue weighted by molar-refractivity contribution is 7.90. The molecule has 6 rings (SSSR count). The lowest BCUT2D eigenvalue weighted by molar-refractivity contribution is -0.0394. The van der Waals surface area contributed by atoms with Gasteiger partial charge in [-0.2, -0.15) is 0 Å². The smallest absolute Gasteiger partial charge is 0.411 e. The van der Waals surface area contributed by atoms with Gasteiger partial charge in [0.2, 0.25) is 0 Å². The fourth-order valence-corrected chi connectivity index (χ4v) is 7.08. The minimum atomic E-state index is -3.34. The second-order valence-corrected chi connectivity index (χ2v) is 16.7. The van der Waals surface area contributed by atoms with Crippen molar-refractivity contribution in [3.63, 3.8) is 0 Å². The predicted octanol–water partition coefficient (Wildman–Crippen LogP) is 9.20. The summed E-state index contributed by atoms with van der Waals surface area (Å²) in [4.78, 5) is 17.2. The van der Waals surface area contributed by atoms with Crippen molar-refractivity contribution in [1.82, 2.24) is 9.80 Å². The Morgan fingerprint density at radius 3 is 2.15 bits per heavy atom. The summed E-state index contributed by atoms with van der Waals surface area (Å²) in [6, 6.07) is 34.3. The van der Waals surface area contributed by atoms with Gasteiger partial charge < -0.3 is 18.9 Å². The molecule has 0 spiro atoms. The van der Waals surface area contributed by atoms with E-state index < -0.39 is 15.4 Å². The second-order valence-electron chi connectivity index (χ2n) is 14.7. The van der Waals surface area contributed by atoms with E-state index in [-0.39, 0.29) is 17.2 Å². The molecule has 0 N–H and O–H groups in total. The first-order valence-corrected chi connectivity index (χ1v) is 19.8. The van der Waals surface area contributed by atoms with Crippen molar-refractivity contribution in [2.45, 2.75) is 57.9 Å². The average molecular weight is 737 g/mol. The van der Waals surface area contributed by atoms with E-state index in [0.717, 1.165) is 39.8 Å². The monoisotopic (exact) mass is 736 g/mol. The number of sulfone groups is 1. The van der Waals surface area contributed by atoms with E-state index >= 15 is 0 Å². The summed E-state index contributed by atoms with van der Waals surface area (Å²) in [6.07, 6.45) is 0.797. The van der Waals surface area contributed by atoms with E-state index in [1.54, 1.807) is 29.2 Å². The molecule has 1 fully saturated rings. The predicted molar refractivity (Wildman–Crippen MR) is 208 cm³/mol. The molecule has 278 valence electrons. The average Bonchev–Trinajstić information content (AvgIpc) is 3.12. The van der Waals surface area contributed by atoms with Crippen molar-refractivity contribution in [1.29, 1.82) is 0 Å². The zero-order chi connectivity index (χ0) is 37.8. The quantitative estimate of drug-likeness (QED) is 0.133. The van der Waals surface area contributed by atoms with Crippen molar-refractivity contribution >= 4 is 26.7 Å². The molecule has 1 heterocycles. The van der Waals surface area contributed by atoms with Gasteiger partial charge in [-0.15, -0.1) is 0 Å². The van der Waals surface area contributed by atoms with Gasteiger partial charge >= 0.3 is 6.09 Å². The van der Waals surface area contributed by atoms with Crippen molar-refractivity contribution in [3.8, 4) is 34.1 Å². The zero-order valence-corrected chi connectivity index (χ0v) is 32.1. The molecule has 5 aromatic rings. The van der Waals surface area contributed by atoms with E-state index in [0.29, 0.717) is 49.5 Å². The summed E-state index contributed by atoms with van der Waals surface area (Å²) in [5.41, 5.74) is 2.17. The number of carbonyl (C=O) groups is 1. The highest BCUT2D eigenvalue weighted by Crippen LogP contribution is 2.41. The van der Waals surface area contributed by atoms with Gasteiger partial charge in [0, 0.05) is 36.8 Å². The van der Waals surface area contributed by atoms with E-state index in [1.165, 1.54) is 6.26 Å². The fraction of sp³-hybridized carbons (Fsp3) is 0.326. The lowest BCUT2D eigenvalue weighted by Gasteiger charge is -2.44. The van der Waals surface area contributed by atoms with Crippen molar-refractivity contribution in [2.75, 3.05) is 32.5 Å². The van der Waals surface area contributed by atoms with Crippen LogP contribution >= 0.6 is 0 Å². The Kier molecular flexibility index (Phi) is 11.3. The van der Waals surface area contributed by atoms with Gasteiger partial charge in [0.25, 0.3) is 0 Å². The van der Waals surface area contributed by atoms with E-state index in [2.05, 4.69) is 11.8 Å². The van der Waals surface area contributed by atoms with Gasteiger partial charge in [-0.05, 0) is 111 Å². The molecule has 1 saturated heterocycles. The number of carbonyl (C=O) groups excluding carboxylic acids is 1. The van der Waals surface area contributed by atoms with Crippen molar-refractivity contribution < 1.29 is 32.2 Å². The Bertz CT molecular complexity index is 2130. The maximum Gasteiger partial charge on any atom is 0.411 e. The molecule has 0 saturated carbocycles. The van der Waals surface area contributed by atoms with Crippen LogP contribution in [-0.2, 0) is 21.2 Å². The van der Waals surface area contributed by atoms with Gasteiger partial charge in [0.05, 0.1) is 11.1 Å². The molecular weight excluding hydrogens is 689 g/mol. The second kappa shape index (κ2) is 15.9. The van der Waals surface area contributed by atoms with E-state index in [4.69, 9.17) is 18.9 Å². The highest BCUT2D eigenvalue weighted by atomic mass is 32.2. The zero-order valence-electron chi connectivity index (χ0n) is 31.2. The molecule has 0 bridgehead atoms. The first-order valence-electron chi connectivity index (χ1n) is 17.9. The standard InChI is InChI=1S/C43H48N2O7S/c1-30-27-44(31(2)45(28-30)42(46)52-43(3,4)5)24-25-49-35-15-17-36(18-16-35)51-41-39(33-12-20-38(21-13-33)53(6,47)48)22-14-34-26-37(19-23-40(34)41)50-29-32-10-8-7-9-11-32/h7-23,26,30-31H,24-25,27-29H2,1-6H3/t30-,31-/m1/s1. The molecule has 5 aromatic carbocycles. The minimum Gasteiger partial charge on any atom is -0.492 e. The summed E-state index contributed by atoms with van der Waals surface area (Å²) in [5, 5.41) is 1.82.